The van der Waals surface area contributed by atoms with E-state index >= 15 is 0 Å². The quantitative estimate of drug-likeness (QED) is 0.332. The predicted octanol–water partition coefficient (Wildman–Crippen LogP) is 4.28. The first-order valence-electron chi connectivity index (χ1n) is 6.38. The van der Waals surface area contributed by atoms with Crippen LogP contribution < -0.4 is 10.5 Å². The summed E-state index contributed by atoms with van der Waals surface area (Å²) in [5, 5.41) is 18.4. The fraction of sp³-hybridized carbons (Fsp3) is 0.133. The molecule has 0 radical (unpaired) electrons. The lowest BCUT2D eigenvalue weighted by Crippen LogP contribution is -2.34. The zero-order valence-corrected chi connectivity index (χ0v) is 18.0. The molecule has 2 aromatic carbocycles. The number of aliphatic carboxylic acids is 1. The van der Waals surface area contributed by atoms with E-state index in [1.165, 1.54) is 0 Å². The second-order valence-electron chi connectivity index (χ2n) is 4.67. The van der Waals surface area contributed by atoms with Crippen molar-refractivity contribution >= 4 is 73.7 Å². The second-order valence-corrected chi connectivity index (χ2v) is 8.33. The number of carboxylic acids is 1. The van der Waals surface area contributed by atoms with Crippen molar-refractivity contribution in [2.24, 2.45) is 5.73 Å². The Morgan fingerprint density at radius 2 is 1.83 bits per heavy atom. The van der Waals surface area contributed by atoms with E-state index in [2.05, 4.69) is 45.2 Å². The molecule has 2 rings (SSSR count). The molecule has 4 N–H and O–H groups in total. The molecule has 1 unspecified atom stereocenters. The second kappa shape index (κ2) is 8.16. The van der Waals surface area contributed by atoms with Gasteiger partial charge in [0.2, 0.25) is 0 Å². The molecule has 122 valence electrons. The van der Waals surface area contributed by atoms with Crippen LogP contribution in [0.4, 0.5) is 0 Å². The summed E-state index contributed by atoms with van der Waals surface area (Å²) >= 11 is 6.26. The molecule has 5 nitrogen and oxygen atoms in total. The Kier molecular flexibility index (Phi) is 6.74. The molecule has 0 bridgehead atoms. The number of hydrogen-bond acceptors (Lipinski definition) is 4. The molecule has 8 heteroatoms. The Bertz CT molecular complexity index is 739. The van der Waals surface area contributed by atoms with Crippen LogP contribution in [0.5, 0.6) is 17.2 Å². The van der Waals surface area contributed by atoms with Crippen LogP contribution in [0.25, 0.3) is 0 Å². The molecule has 0 fully saturated rings. The van der Waals surface area contributed by atoms with Gasteiger partial charge in [0.15, 0.2) is 0 Å². The summed E-state index contributed by atoms with van der Waals surface area (Å²) in [4.78, 5) is 11.0. The number of nitrogens with two attached hydrogens (primary N) is 1. The third-order valence-corrected chi connectivity index (χ3v) is 6.24. The minimum atomic E-state index is -1.03. The van der Waals surface area contributed by atoms with Crippen molar-refractivity contribution in [1.29, 1.82) is 0 Å². The van der Waals surface area contributed by atoms with Gasteiger partial charge in [-0.05, 0) is 81.1 Å². The number of carboxylic acid groups (broad SMARTS) is 1. The first-order valence-corrected chi connectivity index (χ1v) is 9.78. The molecule has 2 aromatic rings. The minimum Gasteiger partial charge on any atom is -0.508 e. The van der Waals surface area contributed by atoms with Crippen molar-refractivity contribution < 1.29 is 19.7 Å². The molecule has 0 aromatic heterocycles. The Hall–Kier alpha value is -0.340. The number of carbonyl (C=O) groups is 1. The normalized spacial score (nSPS) is 13.4. The molecule has 23 heavy (non-hydrogen) atoms. The first kappa shape index (κ1) is 19.0. The fourth-order valence-corrected chi connectivity index (χ4v) is 4.69. The summed E-state index contributed by atoms with van der Waals surface area (Å²) in [7, 11) is 0. The summed E-state index contributed by atoms with van der Waals surface area (Å²) in [6.07, 6.45) is 0. The summed E-state index contributed by atoms with van der Waals surface area (Å²) < 4.78 is 7.15. The molecule has 0 saturated heterocycles. The first-order chi connectivity index (χ1) is 10.8. The van der Waals surface area contributed by atoms with Gasteiger partial charge in [-0.1, -0.05) is 28.7 Å². The third-order valence-electron chi connectivity index (χ3n) is 3.01. The lowest BCUT2D eigenvalue weighted by atomic mass is 10.1. The van der Waals surface area contributed by atoms with E-state index in [1.54, 1.807) is 24.3 Å². The maximum absolute atomic E-state index is 11.0. The van der Waals surface area contributed by atoms with Gasteiger partial charge in [0.25, 0.3) is 0 Å². The Morgan fingerprint density at radius 1 is 1.13 bits per heavy atom. The molecule has 0 aliphatic heterocycles. The number of halogens is 3. The summed E-state index contributed by atoms with van der Waals surface area (Å²) in [5.41, 5.74) is 6.55. The van der Waals surface area contributed by atoms with Crippen LogP contribution in [-0.2, 0) is 4.79 Å². The van der Waals surface area contributed by atoms with Crippen molar-refractivity contribution in [1.82, 2.24) is 0 Å². The maximum Gasteiger partial charge on any atom is 0.321 e. The molecule has 0 spiro atoms. The average molecular weight is 651 g/mol. The Balaban J connectivity index is 2.24. The van der Waals surface area contributed by atoms with Gasteiger partial charge in [0.05, 0.1) is 7.49 Å². The van der Waals surface area contributed by atoms with E-state index in [4.69, 9.17) is 15.6 Å². The zero-order valence-electron chi connectivity index (χ0n) is 11.5. The largest absolute Gasteiger partial charge is 0.508 e. The SMILES string of the molecule is N[C@H](C(=O)O)C(I)c1ccc(Oc2ccc(O)cc2I)cc1I. The van der Waals surface area contributed by atoms with Crippen LogP contribution in [0.15, 0.2) is 36.4 Å². The van der Waals surface area contributed by atoms with Crippen LogP contribution in [0.1, 0.15) is 9.49 Å². The number of rotatable bonds is 5. The van der Waals surface area contributed by atoms with E-state index in [-0.39, 0.29) is 9.67 Å². The van der Waals surface area contributed by atoms with Gasteiger partial charge in [-0.15, -0.1) is 0 Å². The van der Waals surface area contributed by atoms with Crippen molar-refractivity contribution in [3.05, 3.63) is 49.1 Å². The highest BCUT2D eigenvalue weighted by molar-refractivity contribution is 14.1. The topological polar surface area (TPSA) is 92.8 Å². The molecule has 0 aliphatic rings. The number of ether oxygens (including phenoxy) is 1. The number of benzene rings is 2. The van der Waals surface area contributed by atoms with Gasteiger partial charge in [0.1, 0.15) is 23.3 Å². The van der Waals surface area contributed by atoms with Crippen LogP contribution in [-0.4, -0.2) is 22.2 Å². The van der Waals surface area contributed by atoms with Gasteiger partial charge < -0.3 is 20.7 Å². The minimum absolute atomic E-state index is 0.182. The van der Waals surface area contributed by atoms with Gasteiger partial charge in [-0.3, -0.25) is 4.79 Å². The smallest absolute Gasteiger partial charge is 0.321 e. The summed E-state index contributed by atoms with van der Waals surface area (Å²) in [5.74, 6) is 0.427. The summed E-state index contributed by atoms with van der Waals surface area (Å²) in [6.45, 7) is 0. The van der Waals surface area contributed by atoms with Crippen LogP contribution in [0, 0.1) is 7.14 Å². The highest BCUT2D eigenvalue weighted by Gasteiger charge is 2.25. The molecule has 0 saturated carbocycles. The maximum atomic E-state index is 11.0. The number of alkyl halides is 1. The van der Waals surface area contributed by atoms with Crippen LogP contribution >= 0.6 is 67.8 Å². The number of phenolic OH excluding ortho intramolecular Hbond substituents is 1. The fourth-order valence-electron chi connectivity index (χ4n) is 1.81. The van der Waals surface area contributed by atoms with Crippen LogP contribution in [0.2, 0.25) is 0 Å². The van der Waals surface area contributed by atoms with Crippen molar-refractivity contribution in [2.45, 2.75) is 9.97 Å². The molecule has 0 amide bonds. The van der Waals surface area contributed by atoms with E-state index in [0.29, 0.717) is 11.5 Å². The number of phenols is 1. The Labute approximate surface area is 174 Å². The average Bonchev–Trinajstić information content (AvgIpc) is 2.48. The van der Waals surface area contributed by atoms with Crippen LogP contribution in [0.3, 0.4) is 0 Å². The molecular formula is C15H12I3NO4. The summed E-state index contributed by atoms with van der Waals surface area (Å²) in [6, 6.07) is 9.34. The van der Waals surface area contributed by atoms with E-state index in [9.17, 15) is 9.90 Å². The molecule has 0 heterocycles. The van der Waals surface area contributed by atoms with Gasteiger partial charge in [-0.25, -0.2) is 0 Å². The monoisotopic (exact) mass is 651 g/mol. The van der Waals surface area contributed by atoms with Crippen molar-refractivity contribution in [3.63, 3.8) is 0 Å². The van der Waals surface area contributed by atoms with Gasteiger partial charge in [0, 0.05) is 3.57 Å². The molecule has 0 aliphatic carbocycles. The van der Waals surface area contributed by atoms with E-state index in [1.807, 2.05) is 34.7 Å². The zero-order chi connectivity index (χ0) is 17.1. The standard InChI is InChI=1S/C15H12I3NO4/c16-10-6-8(23-12-4-1-7(20)5-11(12)17)2-3-9(10)13(18)14(19)15(21)22/h1-6,13-14,20H,19H2,(H,21,22)/t13?,14-/m0/s1. The Morgan fingerprint density at radius 3 is 2.39 bits per heavy atom. The number of aromatic hydroxyl groups is 1. The van der Waals surface area contributed by atoms with E-state index in [0.717, 1.165) is 12.7 Å². The van der Waals surface area contributed by atoms with Gasteiger partial charge in [-0.2, -0.15) is 0 Å². The van der Waals surface area contributed by atoms with Crippen molar-refractivity contribution in [2.75, 3.05) is 0 Å². The van der Waals surface area contributed by atoms with Gasteiger partial charge >= 0.3 is 5.97 Å². The third kappa shape index (κ3) is 4.82. The lowest BCUT2D eigenvalue weighted by Gasteiger charge is -2.17. The van der Waals surface area contributed by atoms with E-state index < -0.39 is 12.0 Å². The highest BCUT2D eigenvalue weighted by atomic mass is 127. The molecule has 2 atom stereocenters. The van der Waals surface area contributed by atoms with Crippen molar-refractivity contribution in [3.8, 4) is 17.2 Å². The number of hydrogen-bond donors (Lipinski definition) is 3. The predicted molar refractivity (Wildman–Crippen MR) is 112 cm³/mol. The lowest BCUT2D eigenvalue weighted by molar-refractivity contribution is -0.138. The molecular weight excluding hydrogens is 639 g/mol. The highest BCUT2D eigenvalue weighted by Crippen LogP contribution is 2.35.